The fourth-order valence-electron chi connectivity index (χ4n) is 7.28. The van der Waals surface area contributed by atoms with E-state index in [4.69, 9.17) is 15.5 Å². The Balaban J connectivity index is 1.07. The predicted molar refractivity (Wildman–Crippen MR) is 157 cm³/mol. The van der Waals surface area contributed by atoms with Gasteiger partial charge in [0.15, 0.2) is 0 Å². The Hall–Kier alpha value is -4.05. The van der Waals surface area contributed by atoms with E-state index >= 15 is 0 Å². The van der Waals surface area contributed by atoms with Crippen LogP contribution in [-0.2, 0) is 25.5 Å². The van der Waals surface area contributed by atoms with E-state index in [0.717, 1.165) is 47.6 Å². The van der Waals surface area contributed by atoms with E-state index in [9.17, 15) is 19.2 Å². The van der Waals surface area contributed by atoms with Crippen molar-refractivity contribution in [3.63, 3.8) is 0 Å². The fraction of sp³-hybridized carbons (Fsp3) is 0.469. The topological polar surface area (TPSA) is 134 Å². The second kappa shape index (κ2) is 9.76. The molecule has 3 N–H and O–H groups in total. The number of hydrogen-bond donors (Lipinski definition) is 2. The number of rotatable bonds is 6. The molecule has 0 aromatic heterocycles. The second-order valence-electron chi connectivity index (χ2n) is 12.7. The van der Waals surface area contributed by atoms with E-state index in [1.165, 1.54) is 4.90 Å². The molecule has 5 aliphatic heterocycles. The van der Waals surface area contributed by atoms with Crippen molar-refractivity contribution in [3.8, 4) is 0 Å². The van der Waals surface area contributed by atoms with Gasteiger partial charge in [-0.25, -0.2) is 0 Å². The summed E-state index contributed by atoms with van der Waals surface area (Å²) < 4.78 is 5.66. The van der Waals surface area contributed by atoms with E-state index in [1.807, 2.05) is 35.4 Å². The molecule has 2 aromatic carbocycles. The average Bonchev–Trinajstić information content (AvgIpc) is 3.66. The number of allylic oxidation sites excluding steroid dienone is 1. The van der Waals surface area contributed by atoms with Crippen LogP contribution in [0, 0.1) is 5.41 Å². The molecule has 0 spiro atoms. The van der Waals surface area contributed by atoms with Gasteiger partial charge in [-0.2, -0.15) is 0 Å². The van der Waals surface area contributed by atoms with Gasteiger partial charge in [-0.1, -0.05) is 18.2 Å². The maximum Gasteiger partial charge on any atom is 0.259 e. The highest BCUT2D eigenvalue weighted by molar-refractivity contribution is 6.27. The summed E-state index contributed by atoms with van der Waals surface area (Å²) in [5.41, 5.74) is 8.59. The van der Waals surface area contributed by atoms with Crippen LogP contribution in [0.15, 0.2) is 47.1 Å². The van der Waals surface area contributed by atoms with Crippen LogP contribution in [0.25, 0.3) is 10.8 Å². The van der Waals surface area contributed by atoms with Crippen molar-refractivity contribution in [2.45, 2.75) is 69.6 Å². The van der Waals surface area contributed by atoms with Gasteiger partial charge in [-0.05, 0) is 73.9 Å². The molecule has 0 unspecified atom stereocenters. The Kier molecular flexibility index (Phi) is 6.23. The molecule has 5 heterocycles. The number of anilines is 1. The maximum atomic E-state index is 13.4. The first kappa shape index (κ1) is 26.8. The van der Waals surface area contributed by atoms with Crippen molar-refractivity contribution in [1.82, 2.24) is 10.2 Å². The Morgan fingerprint density at radius 2 is 1.95 bits per heavy atom. The van der Waals surface area contributed by atoms with E-state index in [2.05, 4.69) is 12.2 Å². The minimum Gasteiger partial charge on any atom is -0.404 e. The van der Waals surface area contributed by atoms with E-state index < -0.39 is 11.9 Å². The monoisotopic (exact) mass is 569 g/mol. The minimum absolute atomic E-state index is 0.200. The molecule has 8 rings (SSSR count). The third-order valence-electron chi connectivity index (χ3n) is 9.90. The van der Waals surface area contributed by atoms with Gasteiger partial charge in [-0.3, -0.25) is 34.4 Å². The van der Waals surface area contributed by atoms with Gasteiger partial charge in [0.25, 0.3) is 5.91 Å². The Morgan fingerprint density at radius 1 is 1.17 bits per heavy atom. The number of ether oxygens (including phenoxy) is 1. The zero-order chi connectivity index (χ0) is 29.2. The molecule has 1 saturated carbocycles. The number of aliphatic imine (C=N–C) groups is 1. The smallest absolute Gasteiger partial charge is 0.259 e. The third kappa shape index (κ3) is 4.22. The molecule has 5 fully saturated rings. The number of nitrogens with two attached hydrogens (primary N) is 1. The Morgan fingerprint density at radius 3 is 2.64 bits per heavy atom. The molecular formula is C32H35N5O5. The lowest BCUT2D eigenvalue weighted by Gasteiger charge is -2.43. The van der Waals surface area contributed by atoms with E-state index in [-0.39, 0.29) is 41.2 Å². The van der Waals surface area contributed by atoms with Crippen LogP contribution in [0.5, 0.6) is 0 Å². The number of piperidine rings is 2. The molecule has 10 heteroatoms. The van der Waals surface area contributed by atoms with Crippen molar-refractivity contribution in [3.05, 3.63) is 53.2 Å². The number of carbonyl (C=O) groups excluding carboxylic acids is 4. The molecule has 4 saturated heterocycles. The van der Waals surface area contributed by atoms with Gasteiger partial charge in [0.1, 0.15) is 6.04 Å². The summed E-state index contributed by atoms with van der Waals surface area (Å²) in [5.74, 6) is -0.742. The fourth-order valence-corrected chi connectivity index (χ4v) is 7.28. The molecule has 2 aromatic rings. The largest absolute Gasteiger partial charge is 0.404 e. The van der Waals surface area contributed by atoms with Crippen molar-refractivity contribution in [1.29, 1.82) is 0 Å². The Bertz CT molecular complexity index is 1580. The summed E-state index contributed by atoms with van der Waals surface area (Å²) >= 11 is 0. The van der Waals surface area contributed by atoms with Crippen molar-refractivity contribution >= 4 is 46.3 Å². The second-order valence-corrected chi connectivity index (χ2v) is 12.7. The number of benzene rings is 2. The predicted octanol–water partition coefficient (Wildman–Crippen LogP) is 2.62. The first-order chi connectivity index (χ1) is 20.2. The van der Waals surface area contributed by atoms with Gasteiger partial charge < -0.3 is 15.4 Å². The first-order valence-electron chi connectivity index (χ1n) is 14.8. The molecule has 42 heavy (non-hydrogen) atoms. The van der Waals surface area contributed by atoms with E-state index in [0.29, 0.717) is 43.8 Å². The van der Waals surface area contributed by atoms with Crippen LogP contribution in [0.1, 0.15) is 61.4 Å². The molecule has 1 aliphatic carbocycles. The van der Waals surface area contributed by atoms with Crippen LogP contribution in [0.2, 0.25) is 0 Å². The molecular weight excluding hydrogens is 534 g/mol. The average molecular weight is 570 g/mol. The van der Waals surface area contributed by atoms with Crippen LogP contribution >= 0.6 is 0 Å². The lowest BCUT2D eigenvalue weighted by molar-refractivity contribution is -0.145. The number of amides is 4. The van der Waals surface area contributed by atoms with Gasteiger partial charge in [-0.15, -0.1) is 0 Å². The van der Waals surface area contributed by atoms with Gasteiger partial charge in [0.2, 0.25) is 17.7 Å². The Labute approximate surface area is 243 Å². The minimum atomic E-state index is -0.720. The number of nitrogens with zero attached hydrogens (tertiary/aromatic N) is 3. The first-order valence-corrected chi connectivity index (χ1v) is 14.8. The van der Waals surface area contributed by atoms with Crippen molar-refractivity contribution < 1.29 is 23.9 Å². The van der Waals surface area contributed by atoms with Crippen LogP contribution in [0.3, 0.4) is 0 Å². The summed E-state index contributed by atoms with van der Waals surface area (Å²) in [6, 6.07) is 8.76. The van der Waals surface area contributed by atoms with Crippen LogP contribution in [-0.4, -0.2) is 72.1 Å². The third-order valence-corrected chi connectivity index (χ3v) is 9.90. The number of carbonyl (C=O) groups is 4. The highest BCUT2D eigenvalue weighted by Crippen LogP contribution is 2.51. The van der Waals surface area contributed by atoms with Crippen molar-refractivity contribution in [2.24, 2.45) is 16.1 Å². The molecule has 1 atom stereocenters. The van der Waals surface area contributed by atoms with Crippen LogP contribution in [0.4, 0.5) is 5.69 Å². The number of nitrogens with one attached hydrogen (secondary N) is 1. The summed E-state index contributed by atoms with van der Waals surface area (Å²) in [7, 11) is 0. The van der Waals surface area contributed by atoms with Gasteiger partial charge in [0, 0.05) is 43.1 Å². The van der Waals surface area contributed by atoms with Gasteiger partial charge >= 0.3 is 0 Å². The molecule has 6 aliphatic rings. The molecule has 10 nitrogen and oxygen atoms in total. The molecule has 4 amide bonds. The van der Waals surface area contributed by atoms with E-state index in [1.54, 1.807) is 12.3 Å². The summed E-state index contributed by atoms with van der Waals surface area (Å²) in [5, 5.41) is 4.10. The van der Waals surface area contributed by atoms with Gasteiger partial charge in [0.05, 0.1) is 29.4 Å². The number of fused-ring (bicyclic) bond motifs is 1. The number of likely N-dealkylation sites (tertiary alicyclic amines) is 1. The number of hydrogen-bond acceptors (Lipinski definition) is 7. The summed E-state index contributed by atoms with van der Waals surface area (Å²) in [6.07, 6.45) is 8.01. The maximum absolute atomic E-state index is 13.4. The lowest BCUT2D eigenvalue weighted by atomic mass is 9.69. The standard InChI is InChI=1S/C32H35N5O5/c1-31(9-11-36(12-10-31)30(41)32-14-21(15-32)42-18-32)34-17-19(16-33)13-20-5-6-24-27-22(20)3-2-4-23(27)29(40)37(24)25-7-8-26(38)35-28(25)39/h2-6,16-17,21,25H,7-15,18,33H2,1H3,(H,35,38,39)/t21?,25-,32?/m0/s1. The molecule has 0 radical (unpaired) electrons. The molecule has 2 bridgehead atoms. The number of imide groups is 1. The summed E-state index contributed by atoms with van der Waals surface area (Å²) in [4.78, 5) is 59.4. The van der Waals surface area contributed by atoms with Crippen molar-refractivity contribution in [2.75, 3.05) is 24.6 Å². The normalized spacial score (nSPS) is 28.5. The van der Waals surface area contributed by atoms with Crippen LogP contribution < -0.4 is 16.0 Å². The SMILES string of the molecule is CC1(N=CC(=CN)Cc2ccc3c4c(cccc24)C(=O)N3[C@H]2CCC(=O)NC2=O)CCN(C(=O)C23COC(C2)C3)CC1. The summed E-state index contributed by atoms with van der Waals surface area (Å²) in [6.45, 7) is 4.07. The quantitative estimate of drug-likeness (QED) is 0.406. The zero-order valence-electron chi connectivity index (χ0n) is 23.7. The lowest BCUT2D eigenvalue weighted by Crippen LogP contribution is -2.53. The highest BCUT2D eigenvalue weighted by atomic mass is 16.5. The zero-order valence-corrected chi connectivity index (χ0v) is 23.7. The highest BCUT2D eigenvalue weighted by Gasteiger charge is 2.58. The molecule has 218 valence electrons.